The molecule has 8 nitrogen and oxygen atoms in total. The Hall–Kier alpha value is -3.94. The highest BCUT2D eigenvalue weighted by Crippen LogP contribution is 2.53. The summed E-state index contributed by atoms with van der Waals surface area (Å²) in [6, 6.07) is 8.76. The monoisotopic (exact) mass is 659 g/mol. The molecule has 46 heavy (non-hydrogen) atoms. The number of fused-ring (bicyclic) bond motifs is 1. The summed E-state index contributed by atoms with van der Waals surface area (Å²) in [6.45, 7) is 6.12. The number of alkyl halides is 6. The number of nitrogens with zero attached hydrogens (tertiary/aromatic N) is 1. The van der Waals surface area contributed by atoms with Gasteiger partial charge < -0.3 is 23.4 Å². The third kappa shape index (κ3) is 6.49. The molecule has 3 aromatic rings. The summed E-state index contributed by atoms with van der Waals surface area (Å²) < 4.78 is 109. The predicted octanol–water partition coefficient (Wildman–Crippen LogP) is 7.37. The van der Waals surface area contributed by atoms with Crippen LogP contribution < -0.4 is 19.8 Å². The van der Waals surface area contributed by atoms with E-state index in [1.165, 1.54) is 43.5 Å². The van der Waals surface area contributed by atoms with Gasteiger partial charge in [0.25, 0.3) is 0 Å². The highest BCUT2D eigenvalue weighted by Gasteiger charge is 2.66. The maximum atomic E-state index is 14.7. The molecule has 4 atom stereocenters. The van der Waals surface area contributed by atoms with Gasteiger partial charge in [0.2, 0.25) is 0 Å². The summed E-state index contributed by atoms with van der Waals surface area (Å²) in [7, 11) is 4.55. The fourth-order valence-corrected chi connectivity index (χ4v) is 5.60. The van der Waals surface area contributed by atoms with Gasteiger partial charge in [0.1, 0.15) is 46.0 Å². The van der Waals surface area contributed by atoms with E-state index >= 15 is 0 Å². The van der Waals surface area contributed by atoms with Gasteiger partial charge in [0, 0.05) is 23.1 Å². The van der Waals surface area contributed by atoms with Crippen LogP contribution in [0.4, 0.5) is 26.3 Å². The van der Waals surface area contributed by atoms with Crippen LogP contribution in [-0.2, 0) is 9.53 Å². The first kappa shape index (κ1) is 34.9. The van der Waals surface area contributed by atoms with Gasteiger partial charge in [-0.15, -0.1) is 13.2 Å². The lowest BCUT2D eigenvalue weighted by atomic mass is 9.82. The van der Waals surface area contributed by atoms with Crippen LogP contribution in [0.3, 0.4) is 0 Å². The Morgan fingerprint density at radius 3 is 2.15 bits per heavy atom. The molecule has 4 unspecified atom stereocenters. The summed E-state index contributed by atoms with van der Waals surface area (Å²) in [5.41, 5.74) is -5.32. The van der Waals surface area contributed by atoms with Crippen molar-refractivity contribution in [2.75, 3.05) is 21.2 Å². The average molecular weight is 660 g/mol. The molecule has 0 radical (unpaired) electrons. The number of carbonyl (C=O) groups is 1. The van der Waals surface area contributed by atoms with Gasteiger partial charge in [-0.05, 0) is 77.0 Å². The SMILES string of the molecule is COc1ccc(-c2cc3ccc(OC4CCC(OC(=O)C(C)(C(C)C)N(C)C)C4(C)C(F)(F)F)cc3oc2=O)c(OC(F)(F)F)c1. The molecule has 4 rings (SSSR count). The summed E-state index contributed by atoms with van der Waals surface area (Å²) in [4.78, 5) is 27.8. The number of rotatable bonds is 9. The molecule has 0 amide bonds. The first-order valence-electron chi connectivity index (χ1n) is 14.4. The van der Waals surface area contributed by atoms with Crippen LogP contribution in [0.5, 0.6) is 17.2 Å². The van der Waals surface area contributed by atoms with E-state index in [1.54, 1.807) is 39.8 Å². The first-order chi connectivity index (χ1) is 21.2. The molecular weight excluding hydrogens is 624 g/mol. The fourth-order valence-electron chi connectivity index (χ4n) is 5.60. The number of hydrogen-bond donors (Lipinski definition) is 0. The molecule has 1 heterocycles. The van der Waals surface area contributed by atoms with E-state index in [2.05, 4.69) is 4.74 Å². The smallest absolute Gasteiger partial charge is 0.497 e. The number of ether oxygens (including phenoxy) is 4. The number of esters is 1. The highest BCUT2D eigenvalue weighted by atomic mass is 19.4. The quantitative estimate of drug-likeness (QED) is 0.134. The lowest BCUT2D eigenvalue weighted by molar-refractivity contribution is -0.274. The number of likely N-dealkylation sites (N-methyl/N-ethyl adjacent to an activating group) is 1. The van der Waals surface area contributed by atoms with Crippen molar-refractivity contribution in [2.24, 2.45) is 11.3 Å². The van der Waals surface area contributed by atoms with Crippen LogP contribution in [0.25, 0.3) is 22.1 Å². The van der Waals surface area contributed by atoms with Crippen LogP contribution in [0, 0.1) is 11.3 Å². The molecular formula is C32H35F6NO7. The molecule has 0 spiro atoms. The zero-order valence-electron chi connectivity index (χ0n) is 26.3. The molecule has 1 aliphatic carbocycles. The molecule has 0 aliphatic heterocycles. The van der Waals surface area contributed by atoms with Gasteiger partial charge >= 0.3 is 24.1 Å². The van der Waals surface area contributed by atoms with Crippen LogP contribution in [0.1, 0.15) is 40.5 Å². The maximum Gasteiger partial charge on any atom is 0.573 e. The predicted molar refractivity (Wildman–Crippen MR) is 156 cm³/mol. The molecule has 252 valence electrons. The van der Waals surface area contributed by atoms with Crippen molar-refractivity contribution in [1.29, 1.82) is 0 Å². The molecule has 1 saturated carbocycles. The summed E-state index contributed by atoms with van der Waals surface area (Å²) in [6.07, 6.45) is -13.1. The summed E-state index contributed by atoms with van der Waals surface area (Å²) >= 11 is 0. The minimum Gasteiger partial charge on any atom is -0.497 e. The van der Waals surface area contributed by atoms with Gasteiger partial charge in [-0.1, -0.05) is 13.8 Å². The van der Waals surface area contributed by atoms with Crippen LogP contribution in [-0.4, -0.2) is 62.4 Å². The molecule has 1 aromatic heterocycles. The number of hydrogen-bond acceptors (Lipinski definition) is 8. The Labute approximate surface area is 261 Å². The highest BCUT2D eigenvalue weighted by molar-refractivity contribution is 5.84. The number of carbonyl (C=O) groups excluding carboxylic acids is 1. The Bertz CT molecular complexity index is 1640. The Balaban J connectivity index is 1.65. The van der Waals surface area contributed by atoms with Crippen molar-refractivity contribution in [2.45, 2.75) is 70.8 Å². The number of benzene rings is 2. The van der Waals surface area contributed by atoms with E-state index < -0.39 is 53.0 Å². The fraction of sp³-hybridized carbons (Fsp3) is 0.500. The van der Waals surface area contributed by atoms with Crippen molar-refractivity contribution in [1.82, 2.24) is 4.90 Å². The number of halogens is 6. The molecule has 2 aromatic carbocycles. The molecule has 0 saturated heterocycles. The topological polar surface area (TPSA) is 87.4 Å². The Morgan fingerprint density at radius 1 is 0.957 bits per heavy atom. The van der Waals surface area contributed by atoms with E-state index in [4.69, 9.17) is 18.6 Å². The normalized spacial score (nSPS) is 21.8. The van der Waals surface area contributed by atoms with E-state index in [-0.39, 0.29) is 52.4 Å². The summed E-state index contributed by atoms with van der Waals surface area (Å²) in [5, 5.41) is 0.254. The molecule has 14 heteroatoms. The van der Waals surface area contributed by atoms with E-state index in [1.807, 2.05) is 0 Å². The van der Waals surface area contributed by atoms with E-state index in [0.717, 1.165) is 13.0 Å². The van der Waals surface area contributed by atoms with Crippen molar-refractivity contribution < 1.29 is 54.5 Å². The lowest BCUT2D eigenvalue weighted by Gasteiger charge is -2.41. The lowest BCUT2D eigenvalue weighted by Crippen LogP contribution is -2.57. The summed E-state index contributed by atoms with van der Waals surface area (Å²) in [5.74, 6) is -1.74. The first-order valence-corrected chi connectivity index (χ1v) is 14.4. The second-order valence-electron chi connectivity index (χ2n) is 12.1. The Kier molecular flexibility index (Phi) is 9.37. The largest absolute Gasteiger partial charge is 0.573 e. The maximum absolute atomic E-state index is 14.7. The van der Waals surface area contributed by atoms with Crippen molar-refractivity contribution in [3.05, 3.63) is 52.9 Å². The van der Waals surface area contributed by atoms with E-state index in [9.17, 15) is 35.9 Å². The molecule has 1 aliphatic rings. The van der Waals surface area contributed by atoms with Gasteiger partial charge in [-0.3, -0.25) is 9.69 Å². The minimum absolute atomic E-state index is 0.0522. The van der Waals surface area contributed by atoms with E-state index in [0.29, 0.717) is 0 Å². The van der Waals surface area contributed by atoms with Crippen molar-refractivity contribution >= 4 is 16.9 Å². The van der Waals surface area contributed by atoms with Gasteiger partial charge in [0.05, 0.1) is 12.7 Å². The van der Waals surface area contributed by atoms with Crippen molar-refractivity contribution in [3.63, 3.8) is 0 Å². The van der Waals surface area contributed by atoms with Gasteiger partial charge in [-0.25, -0.2) is 4.79 Å². The molecule has 0 N–H and O–H groups in total. The van der Waals surface area contributed by atoms with Gasteiger partial charge in [0.15, 0.2) is 0 Å². The van der Waals surface area contributed by atoms with Gasteiger partial charge in [-0.2, -0.15) is 13.2 Å². The number of methoxy groups -OCH3 is 1. The third-order valence-corrected chi connectivity index (χ3v) is 9.05. The third-order valence-electron chi connectivity index (χ3n) is 9.05. The zero-order chi connectivity index (χ0) is 34.4. The zero-order valence-corrected chi connectivity index (χ0v) is 26.3. The van der Waals surface area contributed by atoms with Crippen LogP contribution in [0.2, 0.25) is 0 Å². The van der Waals surface area contributed by atoms with Crippen LogP contribution in [0.15, 0.2) is 51.7 Å². The minimum atomic E-state index is -5.06. The second kappa shape index (κ2) is 12.3. The second-order valence-corrected chi connectivity index (χ2v) is 12.1. The van der Waals surface area contributed by atoms with Crippen molar-refractivity contribution in [3.8, 4) is 28.4 Å². The Morgan fingerprint density at radius 2 is 1.59 bits per heavy atom. The van der Waals surface area contributed by atoms with Crippen LogP contribution >= 0.6 is 0 Å². The average Bonchev–Trinajstić information content (AvgIpc) is 3.26. The molecule has 1 fully saturated rings. The standard InChI is InChI=1S/C32H35F6NO7/c1-17(2)30(4,39(5)6)28(41)45-26-13-12-25(29(26,3)31(33,34)35)43-20-9-8-18-14-22(27(40)44-23(18)16-20)21-11-10-19(42-7)15-24(21)46-32(36,37)38/h8-11,14-17,25-26H,12-13H2,1-7H3. The molecule has 0 bridgehead atoms.